The smallest absolute Gasteiger partial charge is 0.303 e. The van der Waals surface area contributed by atoms with E-state index in [-0.39, 0.29) is 24.1 Å². The summed E-state index contributed by atoms with van der Waals surface area (Å²) < 4.78 is 0. The summed E-state index contributed by atoms with van der Waals surface area (Å²) in [5.74, 6) is -2.25. The summed E-state index contributed by atoms with van der Waals surface area (Å²) >= 11 is 0. The summed E-state index contributed by atoms with van der Waals surface area (Å²) in [7, 11) is 0. The summed E-state index contributed by atoms with van der Waals surface area (Å²) in [4.78, 5) is 27.3. The monoisotopic (exact) mass is 346 g/mol. The number of carboxylic acid groups (broad SMARTS) is 1. The Morgan fingerprint density at radius 1 is 1.04 bits per heavy atom. The van der Waals surface area contributed by atoms with E-state index in [1.54, 1.807) is 12.1 Å². The van der Waals surface area contributed by atoms with Gasteiger partial charge in [-0.05, 0) is 5.56 Å². The average molecular weight is 346 g/mol. The van der Waals surface area contributed by atoms with E-state index < -0.39 is 17.5 Å². The topological polar surface area (TPSA) is 111 Å². The molecule has 1 aromatic heterocycles. The second-order valence-corrected chi connectivity index (χ2v) is 5.68. The summed E-state index contributed by atoms with van der Waals surface area (Å²) in [6.07, 6.45) is -0.681. The van der Waals surface area contributed by atoms with Crippen LogP contribution in [-0.2, 0) is 4.79 Å². The lowest BCUT2D eigenvalue weighted by molar-refractivity contribution is -0.136. The molecular weight excluding hydrogens is 332 g/mol. The molecule has 6 heteroatoms. The Bertz CT molecular complexity index is 1050. The Kier molecular flexibility index (Phi) is 4.63. The number of aliphatic carboxylic acids is 1. The lowest BCUT2D eigenvalue weighted by Crippen LogP contribution is -2.08. The van der Waals surface area contributed by atoms with Crippen molar-refractivity contribution in [1.82, 2.24) is 4.98 Å². The predicted molar refractivity (Wildman–Crippen MR) is 94.8 cm³/mol. The van der Waals surface area contributed by atoms with E-state index in [0.29, 0.717) is 16.5 Å². The second-order valence-electron chi connectivity index (χ2n) is 5.68. The molecule has 0 atom stereocenters. The highest BCUT2D eigenvalue weighted by atomic mass is 16.4. The summed E-state index contributed by atoms with van der Waals surface area (Å²) in [5, 5.41) is 29.0. The largest absolute Gasteiger partial charge is 0.504 e. The van der Waals surface area contributed by atoms with E-state index in [1.807, 2.05) is 42.5 Å². The van der Waals surface area contributed by atoms with Crippen molar-refractivity contribution < 1.29 is 19.8 Å². The minimum absolute atomic E-state index is 0.0496. The van der Waals surface area contributed by atoms with E-state index in [9.17, 15) is 20.0 Å². The molecule has 0 fully saturated rings. The number of ketones is 1. The van der Waals surface area contributed by atoms with Gasteiger partial charge in [0.2, 0.25) is 0 Å². The number of aromatic hydroxyl groups is 1. The van der Waals surface area contributed by atoms with E-state index in [1.165, 1.54) is 0 Å². The van der Waals surface area contributed by atoms with Gasteiger partial charge in [0.25, 0.3) is 0 Å². The third-order valence-corrected chi connectivity index (χ3v) is 4.02. The molecule has 0 radical (unpaired) electrons. The number of rotatable bonds is 5. The molecule has 6 nitrogen and oxygen atoms in total. The number of nitrogens with zero attached hydrogens (tertiary/aromatic N) is 2. The first-order valence-electron chi connectivity index (χ1n) is 7.89. The molecule has 0 bridgehead atoms. The van der Waals surface area contributed by atoms with Crippen molar-refractivity contribution >= 4 is 22.7 Å². The maximum atomic E-state index is 12.3. The highest BCUT2D eigenvalue weighted by Crippen LogP contribution is 2.34. The van der Waals surface area contributed by atoms with Crippen LogP contribution in [0.4, 0.5) is 0 Å². The number of carboxylic acids is 1. The van der Waals surface area contributed by atoms with Crippen LogP contribution in [0.3, 0.4) is 0 Å². The van der Waals surface area contributed by atoms with E-state index >= 15 is 0 Å². The molecule has 3 rings (SSSR count). The molecule has 26 heavy (non-hydrogen) atoms. The maximum Gasteiger partial charge on any atom is 0.303 e. The number of para-hydroxylation sites is 1. The number of pyridine rings is 1. The Morgan fingerprint density at radius 3 is 2.42 bits per heavy atom. The fraction of sp³-hybridized carbons (Fsp3) is 0.100. The molecule has 0 spiro atoms. The average Bonchev–Trinajstić information content (AvgIpc) is 2.65. The molecule has 128 valence electrons. The van der Waals surface area contributed by atoms with Gasteiger partial charge in [-0.2, -0.15) is 5.26 Å². The first-order valence-corrected chi connectivity index (χ1v) is 7.89. The van der Waals surface area contributed by atoms with Crippen molar-refractivity contribution in [2.45, 2.75) is 12.8 Å². The van der Waals surface area contributed by atoms with Crippen LogP contribution in [0.2, 0.25) is 0 Å². The van der Waals surface area contributed by atoms with Gasteiger partial charge in [0.1, 0.15) is 17.3 Å². The molecule has 3 aromatic rings. The summed E-state index contributed by atoms with van der Waals surface area (Å²) in [6.45, 7) is 0. The number of carbonyl (C=O) groups is 2. The fourth-order valence-corrected chi connectivity index (χ4v) is 2.77. The molecular formula is C20H14N2O4. The Balaban J connectivity index is 2.25. The van der Waals surface area contributed by atoms with Gasteiger partial charge in [-0.1, -0.05) is 48.5 Å². The molecule has 0 unspecified atom stereocenters. The van der Waals surface area contributed by atoms with Crippen molar-refractivity contribution in [2.75, 3.05) is 0 Å². The summed E-state index contributed by atoms with van der Waals surface area (Å²) in [6, 6.07) is 16.5. The van der Waals surface area contributed by atoms with Gasteiger partial charge in [-0.25, -0.2) is 4.98 Å². The fourth-order valence-electron chi connectivity index (χ4n) is 2.77. The maximum absolute atomic E-state index is 12.3. The van der Waals surface area contributed by atoms with Gasteiger partial charge in [0, 0.05) is 17.4 Å². The number of Topliss-reactive ketones (excluding diaryl/α,β-unsaturated/α-hetero) is 1. The minimum Gasteiger partial charge on any atom is -0.504 e. The van der Waals surface area contributed by atoms with Crippen molar-refractivity contribution in [2.24, 2.45) is 0 Å². The van der Waals surface area contributed by atoms with Crippen LogP contribution in [0.15, 0.2) is 48.5 Å². The Morgan fingerprint density at radius 2 is 1.77 bits per heavy atom. The highest BCUT2D eigenvalue weighted by molar-refractivity contribution is 6.05. The first kappa shape index (κ1) is 17.1. The molecule has 0 aliphatic rings. The Hall–Kier alpha value is -3.72. The number of carbonyl (C=O) groups excluding carboxylic acids is 1. The molecule has 0 saturated carbocycles. The number of hydrogen-bond donors (Lipinski definition) is 2. The van der Waals surface area contributed by atoms with Crippen LogP contribution in [0.5, 0.6) is 5.75 Å². The van der Waals surface area contributed by atoms with Gasteiger partial charge >= 0.3 is 5.97 Å². The standard InChI is InChI=1S/C20H14N2O4/c21-11-15-14-8-4-7-13(12-5-2-1-3-6-12)18(14)22-19(20(15)26)16(23)9-10-17(24)25/h1-8,26H,9-10H2,(H,24,25). The van der Waals surface area contributed by atoms with Crippen LogP contribution >= 0.6 is 0 Å². The third-order valence-electron chi connectivity index (χ3n) is 4.02. The molecule has 0 saturated heterocycles. The van der Waals surface area contributed by atoms with Crippen molar-refractivity contribution in [1.29, 1.82) is 5.26 Å². The van der Waals surface area contributed by atoms with Gasteiger partial charge in [0.15, 0.2) is 11.5 Å². The van der Waals surface area contributed by atoms with Crippen LogP contribution in [0, 0.1) is 11.3 Å². The Labute approximate surface area is 149 Å². The SMILES string of the molecule is N#Cc1c(O)c(C(=O)CCC(=O)O)nc2c(-c3ccccc3)cccc12. The van der Waals surface area contributed by atoms with Crippen LogP contribution < -0.4 is 0 Å². The number of hydrogen-bond acceptors (Lipinski definition) is 5. The van der Waals surface area contributed by atoms with Crippen molar-refractivity contribution in [3.8, 4) is 22.9 Å². The third kappa shape index (κ3) is 3.10. The zero-order valence-corrected chi connectivity index (χ0v) is 13.6. The number of benzene rings is 2. The molecule has 1 heterocycles. The molecule has 0 aliphatic carbocycles. The van der Waals surface area contributed by atoms with Crippen molar-refractivity contribution in [3.63, 3.8) is 0 Å². The number of aromatic nitrogens is 1. The van der Waals surface area contributed by atoms with Gasteiger partial charge in [-0.15, -0.1) is 0 Å². The highest BCUT2D eigenvalue weighted by Gasteiger charge is 2.21. The zero-order chi connectivity index (χ0) is 18.7. The predicted octanol–water partition coefficient (Wildman–Crippen LogP) is 3.53. The van der Waals surface area contributed by atoms with Gasteiger partial charge in [-0.3, -0.25) is 9.59 Å². The lowest BCUT2D eigenvalue weighted by Gasteiger charge is -2.11. The molecule has 0 amide bonds. The molecule has 2 aromatic carbocycles. The number of fused-ring (bicyclic) bond motifs is 1. The second kappa shape index (κ2) is 7.03. The van der Waals surface area contributed by atoms with Crippen molar-refractivity contribution in [3.05, 3.63) is 59.8 Å². The van der Waals surface area contributed by atoms with Crippen LogP contribution in [0.25, 0.3) is 22.0 Å². The quantitative estimate of drug-likeness (QED) is 0.684. The summed E-state index contributed by atoms with van der Waals surface area (Å²) in [5.41, 5.74) is 1.65. The van der Waals surface area contributed by atoms with E-state index in [4.69, 9.17) is 5.11 Å². The minimum atomic E-state index is -1.12. The number of nitriles is 1. The van der Waals surface area contributed by atoms with Gasteiger partial charge in [0.05, 0.1) is 11.9 Å². The first-order chi connectivity index (χ1) is 12.5. The van der Waals surface area contributed by atoms with E-state index in [0.717, 1.165) is 5.56 Å². The molecule has 0 aliphatic heterocycles. The van der Waals surface area contributed by atoms with E-state index in [2.05, 4.69) is 4.98 Å². The van der Waals surface area contributed by atoms with Crippen LogP contribution in [-0.4, -0.2) is 26.9 Å². The van der Waals surface area contributed by atoms with Gasteiger partial charge < -0.3 is 10.2 Å². The molecule has 2 N–H and O–H groups in total. The normalized spacial score (nSPS) is 10.4. The zero-order valence-electron chi connectivity index (χ0n) is 13.6. The lowest BCUT2D eigenvalue weighted by atomic mass is 9.97. The van der Waals surface area contributed by atoms with Crippen LogP contribution in [0.1, 0.15) is 28.9 Å².